The predicted molar refractivity (Wildman–Crippen MR) is 189 cm³/mol. The third kappa shape index (κ3) is 10.9. The first-order chi connectivity index (χ1) is 25.3. The van der Waals surface area contributed by atoms with E-state index in [1.165, 1.54) is 0 Å². The van der Waals surface area contributed by atoms with Gasteiger partial charge < -0.3 is 19.4 Å². The summed E-state index contributed by atoms with van der Waals surface area (Å²) < 4.78 is 13.0. The Bertz CT molecular complexity index is 1850. The molecule has 15 nitrogen and oxygen atoms in total. The molecule has 1 atom stereocenters. The summed E-state index contributed by atoms with van der Waals surface area (Å²) in [5.41, 5.74) is 5.18. The van der Waals surface area contributed by atoms with Gasteiger partial charge in [-0.05, 0) is 51.9 Å². The molecule has 1 unspecified atom stereocenters. The Morgan fingerprint density at radius 1 is 0.923 bits per heavy atom. The van der Waals surface area contributed by atoms with Gasteiger partial charge in [-0.1, -0.05) is 104 Å². The number of H-pyrrole nitrogens is 1. The topological polar surface area (TPSA) is 190 Å². The van der Waals surface area contributed by atoms with Crippen molar-refractivity contribution in [1.29, 1.82) is 0 Å². The summed E-state index contributed by atoms with van der Waals surface area (Å²) in [5.74, 6) is 0.716. The lowest BCUT2D eigenvalue weighted by molar-refractivity contribution is -0.492. The van der Waals surface area contributed by atoms with Crippen molar-refractivity contribution in [2.75, 3.05) is 13.2 Å². The van der Waals surface area contributed by atoms with Crippen LogP contribution >= 0.6 is 11.6 Å². The first kappa shape index (κ1) is 38.1. The van der Waals surface area contributed by atoms with Crippen molar-refractivity contribution in [2.45, 2.75) is 64.6 Å². The van der Waals surface area contributed by atoms with Crippen LogP contribution in [0.15, 0.2) is 78.9 Å². The van der Waals surface area contributed by atoms with Crippen molar-refractivity contribution in [2.24, 2.45) is 0 Å². The molecule has 0 aliphatic rings. The quantitative estimate of drug-likeness (QED) is 0.0444. The van der Waals surface area contributed by atoms with Gasteiger partial charge in [-0.15, -0.1) is 5.10 Å². The van der Waals surface area contributed by atoms with Crippen LogP contribution < -0.4 is 5.32 Å². The Hall–Kier alpha value is -5.19. The van der Waals surface area contributed by atoms with Crippen molar-refractivity contribution in [3.05, 3.63) is 107 Å². The molecule has 0 radical (unpaired) electrons. The minimum atomic E-state index is -1.03. The number of carbonyl (C=O) groups excluding carboxylic acids is 2. The van der Waals surface area contributed by atoms with Crippen molar-refractivity contribution in [3.8, 4) is 22.5 Å². The molecule has 52 heavy (non-hydrogen) atoms. The van der Waals surface area contributed by atoms with Gasteiger partial charge in [0.15, 0.2) is 11.0 Å². The summed E-state index contributed by atoms with van der Waals surface area (Å²) in [7, 11) is 0. The minimum absolute atomic E-state index is 0.0183. The highest BCUT2D eigenvalue weighted by Crippen LogP contribution is 2.30. The molecule has 1 amide bonds. The number of halogens is 1. The van der Waals surface area contributed by atoms with Gasteiger partial charge in [0, 0.05) is 24.9 Å². The van der Waals surface area contributed by atoms with Gasteiger partial charge in [0.2, 0.25) is 0 Å². The number of aromatic nitrogens is 6. The highest BCUT2D eigenvalue weighted by molar-refractivity contribution is 6.30. The number of rotatable bonds is 19. The van der Waals surface area contributed by atoms with Crippen LogP contribution in [-0.2, 0) is 45.1 Å². The fraction of sp³-hybridized carbons (Fsp3) is 0.333. The molecule has 2 heterocycles. The highest BCUT2D eigenvalue weighted by atomic mass is 35.5. The van der Waals surface area contributed by atoms with E-state index < -0.39 is 18.1 Å². The predicted octanol–water partition coefficient (Wildman–Crippen LogP) is 5.95. The first-order valence-corrected chi connectivity index (χ1v) is 17.3. The molecule has 3 aromatic carbocycles. The van der Waals surface area contributed by atoms with Crippen LogP contribution in [0.3, 0.4) is 0 Å². The zero-order chi connectivity index (χ0) is 36.7. The number of nitrogens with one attached hydrogen (secondary N) is 2. The van der Waals surface area contributed by atoms with Gasteiger partial charge in [-0.2, -0.15) is 0 Å². The molecule has 0 aliphatic carbocycles. The molecule has 274 valence electrons. The number of amides is 1. The number of tetrazole rings is 1. The second-order valence-electron chi connectivity index (χ2n) is 11.9. The van der Waals surface area contributed by atoms with Gasteiger partial charge in [-0.25, -0.2) is 19.7 Å². The third-order valence-electron chi connectivity index (χ3n) is 8.18. The molecule has 4 N–H and O–H groups in total. The molecular weight excluding hydrogens is 692 g/mol. The lowest BCUT2D eigenvalue weighted by Crippen LogP contribution is -2.43. The first-order valence-electron chi connectivity index (χ1n) is 16.9. The molecule has 0 fully saturated rings. The number of unbranched alkanes of at least 4 members (excludes halogenated alkanes) is 2. The van der Waals surface area contributed by atoms with E-state index in [1.807, 2.05) is 83.4 Å². The maximum atomic E-state index is 13.1. The Morgan fingerprint density at radius 2 is 1.65 bits per heavy atom. The standard InChI is InChI=1S/C36H41ClN8O7/c1-2-3-15-32-39-33(37)31(44(32)23-26-16-18-27(19-17-26)28-13-7-8-14-29(28)34-40-42-43-41-34)24-51-36(47)38-30(22-25-11-5-4-6-12-25)35(46)50-20-9-10-21-52-45(48)49/h4-8,11-14,16-19,30,48-49H,2-3,9-10,15,20-24H2,1H3,(H,38,47)(H,40,41,42,43). The van der Waals surface area contributed by atoms with E-state index in [0.717, 1.165) is 46.5 Å². The molecule has 0 saturated heterocycles. The number of hydrogen-bond donors (Lipinski definition) is 4. The fourth-order valence-corrected chi connectivity index (χ4v) is 5.78. The minimum Gasteiger partial charge on any atom is -0.464 e. The number of hydrogen-bond acceptors (Lipinski definition) is 12. The SMILES string of the molecule is CCCCc1nc(Cl)c(COC(=O)NC(Cc2ccccc2)C(=O)OCCCCON(O)O)n1Cc1ccc(-c2ccccc2-c2nnn[nH]2)cc1. The van der Waals surface area contributed by atoms with Crippen LogP contribution in [-0.4, -0.2) is 77.3 Å². The molecular formula is C36H41ClN8O7. The molecule has 5 rings (SSSR count). The maximum Gasteiger partial charge on any atom is 0.408 e. The van der Waals surface area contributed by atoms with Crippen molar-refractivity contribution in [3.63, 3.8) is 0 Å². The number of imidazole rings is 1. The Labute approximate surface area is 305 Å². The van der Waals surface area contributed by atoms with Gasteiger partial charge >= 0.3 is 12.1 Å². The number of benzene rings is 3. The zero-order valence-electron chi connectivity index (χ0n) is 28.7. The van der Waals surface area contributed by atoms with Crippen LogP contribution in [0.25, 0.3) is 22.5 Å². The summed E-state index contributed by atoms with van der Waals surface area (Å²) in [6.07, 6.45) is 2.72. The Balaban J connectivity index is 1.26. The van der Waals surface area contributed by atoms with Crippen molar-refractivity contribution in [1.82, 2.24) is 40.9 Å². The largest absolute Gasteiger partial charge is 0.464 e. The second-order valence-corrected chi connectivity index (χ2v) is 12.2. The monoisotopic (exact) mass is 732 g/mol. The van der Waals surface area contributed by atoms with Crippen LogP contribution in [0, 0.1) is 0 Å². The lowest BCUT2D eigenvalue weighted by atomic mass is 9.98. The summed E-state index contributed by atoms with van der Waals surface area (Å²) in [6.45, 7) is 2.42. The summed E-state index contributed by atoms with van der Waals surface area (Å²) in [4.78, 5) is 35.3. The van der Waals surface area contributed by atoms with Crippen LogP contribution in [0.5, 0.6) is 0 Å². The Kier molecular flexibility index (Phi) is 14.2. The lowest BCUT2D eigenvalue weighted by Gasteiger charge is -2.18. The molecule has 0 saturated carbocycles. The van der Waals surface area contributed by atoms with Crippen molar-refractivity contribution >= 4 is 23.7 Å². The van der Waals surface area contributed by atoms with Crippen molar-refractivity contribution < 1.29 is 34.3 Å². The van der Waals surface area contributed by atoms with E-state index in [2.05, 4.69) is 42.7 Å². The van der Waals surface area contributed by atoms with Crippen LogP contribution in [0.2, 0.25) is 5.15 Å². The van der Waals surface area contributed by atoms with E-state index in [-0.39, 0.29) is 36.8 Å². The van der Waals surface area contributed by atoms with Gasteiger partial charge in [0.25, 0.3) is 0 Å². The number of aromatic amines is 1. The highest BCUT2D eigenvalue weighted by Gasteiger charge is 2.25. The third-order valence-corrected chi connectivity index (χ3v) is 8.48. The number of alkyl carbamates (subject to hydrolysis) is 1. The number of nitrogens with zero attached hydrogens (tertiary/aromatic N) is 6. The summed E-state index contributed by atoms with van der Waals surface area (Å²) in [6, 6.07) is 24.2. The van der Waals surface area contributed by atoms with E-state index in [1.54, 1.807) is 0 Å². The number of esters is 1. The number of ether oxygens (including phenoxy) is 2. The maximum absolute atomic E-state index is 13.1. The Morgan fingerprint density at radius 3 is 2.37 bits per heavy atom. The van der Waals surface area contributed by atoms with Gasteiger partial charge in [0.05, 0.1) is 24.3 Å². The van der Waals surface area contributed by atoms with E-state index in [0.29, 0.717) is 37.3 Å². The molecule has 0 bridgehead atoms. The number of aryl methyl sites for hydroxylation is 1. The average molecular weight is 733 g/mol. The molecule has 0 aliphatic heterocycles. The number of carbonyl (C=O) groups is 2. The summed E-state index contributed by atoms with van der Waals surface area (Å²) in [5, 5.41) is 34.1. The van der Waals surface area contributed by atoms with Crippen LogP contribution in [0.4, 0.5) is 4.79 Å². The van der Waals surface area contributed by atoms with Crippen LogP contribution in [0.1, 0.15) is 55.3 Å². The average Bonchev–Trinajstić information content (AvgIpc) is 3.79. The smallest absolute Gasteiger partial charge is 0.408 e. The molecule has 5 aromatic rings. The second kappa shape index (κ2) is 19.4. The molecule has 0 spiro atoms. The van der Waals surface area contributed by atoms with Gasteiger partial charge in [0.1, 0.15) is 18.5 Å². The normalized spacial score (nSPS) is 11.8. The molecule has 2 aromatic heterocycles. The summed E-state index contributed by atoms with van der Waals surface area (Å²) >= 11 is 6.65. The zero-order valence-corrected chi connectivity index (χ0v) is 29.4. The van der Waals surface area contributed by atoms with E-state index in [4.69, 9.17) is 31.5 Å². The fourth-order valence-electron chi connectivity index (χ4n) is 5.53. The molecule has 16 heteroatoms. The van der Waals surface area contributed by atoms with E-state index >= 15 is 0 Å². The van der Waals surface area contributed by atoms with E-state index in [9.17, 15) is 9.59 Å². The van der Waals surface area contributed by atoms with Gasteiger partial charge in [-0.3, -0.25) is 15.3 Å².